The van der Waals surface area contributed by atoms with Gasteiger partial charge in [-0.1, -0.05) is 349 Å². The number of phosphoric acid groups is 2. The molecule has 94 heavy (non-hydrogen) atoms. The maximum absolute atomic E-state index is 13.1. The summed E-state index contributed by atoms with van der Waals surface area (Å²) in [5.41, 5.74) is 0. The molecule has 0 spiro atoms. The quantitative estimate of drug-likeness (QED) is 0.0222. The maximum atomic E-state index is 13.1. The van der Waals surface area contributed by atoms with Crippen LogP contribution in [0, 0.1) is 0 Å². The number of aliphatic hydroxyl groups is 1. The summed E-state index contributed by atoms with van der Waals surface area (Å²) >= 11 is 0. The highest BCUT2D eigenvalue weighted by Crippen LogP contribution is 2.45. The summed E-state index contributed by atoms with van der Waals surface area (Å²) in [5, 5.41) is 10.6. The Bertz CT molecular complexity index is 1790. The highest BCUT2D eigenvalue weighted by atomic mass is 31.2. The number of ether oxygens (including phenoxy) is 4. The molecule has 0 aliphatic heterocycles. The number of carbonyl (C=O) groups excluding carboxylic acids is 4. The molecule has 19 heteroatoms. The molecule has 0 amide bonds. The fourth-order valence-electron chi connectivity index (χ4n) is 11.6. The second-order valence-corrected chi connectivity index (χ2v) is 29.9. The zero-order chi connectivity index (χ0) is 69.0. The van der Waals surface area contributed by atoms with Crippen molar-refractivity contribution in [1.82, 2.24) is 0 Å². The number of hydrogen-bond acceptors (Lipinski definition) is 15. The first kappa shape index (κ1) is 92.1. The first-order valence-electron chi connectivity index (χ1n) is 39.3. The largest absolute Gasteiger partial charge is 0.472 e. The average Bonchev–Trinajstić information content (AvgIpc) is 3.71. The van der Waals surface area contributed by atoms with Crippen LogP contribution in [0.5, 0.6) is 0 Å². The van der Waals surface area contributed by atoms with Gasteiger partial charge in [-0.25, -0.2) is 9.13 Å². The molecule has 0 aromatic rings. The van der Waals surface area contributed by atoms with Gasteiger partial charge in [0, 0.05) is 25.7 Å². The smallest absolute Gasteiger partial charge is 0.462 e. The minimum absolute atomic E-state index is 0.108. The maximum Gasteiger partial charge on any atom is 0.472 e. The van der Waals surface area contributed by atoms with Gasteiger partial charge in [0.2, 0.25) is 0 Å². The number of aliphatic hydroxyl groups excluding tert-OH is 1. The minimum Gasteiger partial charge on any atom is -0.462 e. The summed E-state index contributed by atoms with van der Waals surface area (Å²) in [6.07, 6.45) is 59.6. The zero-order valence-electron chi connectivity index (χ0n) is 60.9. The van der Waals surface area contributed by atoms with Crippen LogP contribution in [0.1, 0.15) is 400 Å². The van der Waals surface area contributed by atoms with E-state index in [-0.39, 0.29) is 25.7 Å². The zero-order valence-corrected chi connectivity index (χ0v) is 62.7. The molecule has 0 radical (unpaired) electrons. The molecule has 0 bridgehead atoms. The van der Waals surface area contributed by atoms with Crippen molar-refractivity contribution in [3.63, 3.8) is 0 Å². The van der Waals surface area contributed by atoms with Gasteiger partial charge in [-0.3, -0.25) is 37.3 Å². The summed E-state index contributed by atoms with van der Waals surface area (Å²) in [6.45, 7) is 4.97. The number of unbranched alkanes of at least 4 members (excludes halogenated alkanes) is 50. The van der Waals surface area contributed by atoms with E-state index < -0.39 is 97.5 Å². The fourth-order valence-corrected chi connectivity index (χ4v) is 13.2. The molecular formula is C75H146O17P2. The van der Waals surface area contributed by atoms with Gasteiger partial charge in [0.25, 0.3) is 0 Å². The molecule has 0 fully saturated rings. The lowest BCUT2D eigenvalue weighted by Crippen LogP contribution is -2.30. The molecule has 0 aliphatic rings. The van der Waals surface area contributed by atoms with E-state index >= 15 is 0 Å². The molecule has 0 saturated heterocycles. The van der Waals surface area contributed by atoms with Crippen LogP contribution in [-0.4, -0.2) is 96.7 Å². The first-order chi connectivity index (χ1) is 45.7. The third kappa shape index (κ3) is 68.6. The molecule has 5 atom stereocenters. The van der Waals surface area contributed by atoms with Crippen LogP contribution >= 0.6 is 15.6 Å². The number of esters is 4. The number of rotatable bonds is 76. The predicted molar refractivity (Wildman–Crippen MR) is 382 cm³/mol. The second-order valence-electron chi connectivity index (χ2n) is 27.0. The predicted octanol–water partition coefficient (Wildman–Crippen LogP) is 22.2. The van der Waals surface area contributed by atoms with E-state index in [0.29, 0.717) is 25.7 Å². The van der Waals surface area contributed by atoms with Crippen LogP contribution in [0.15, 0.2) is 0 Å². The lowest BCUT2D eigenvalue weighted by Gasteiger charge is -2.21. The van der Waals surface area contributed by atoms with Crippen LogP contribution in [0.4, 0.5) is 0 Å². The van der Waals surface area contributed by atoms with Gasteiger partial charge >= 0.3 is 39.5 Å². The van der Waals surface area contributed by atoms with Crippen molar-refractivity contribution in [2.45, 2.75) is 418 Å². The summed E-state index contributed by atoms with van der Waals surface area (Å²) in [7, 11) is -9.90. The minimum atomic E-state index is -4.95. The standard InChI is InChI=1S/C75H146O17P2/c1-5-9-13-17-21-25-28-31-33-35-37-40-43-46-50-54-58-62-75(80)92-71(66-86-73(78)60-56-52-48-44-41-39-36-34-32-29-26-22-18-14-10-6-2)68-90-94(83,84)88-64-69(76)63-87-93(81,82)89-67-70(65-85-72(77)59-55-51-47-24-20-16-12-8-4)91-74(79)61-57-53-49-45-42-38-30-27-23-19-15-11-7-3/h69-71,76H,5-68H2,1-4H3,(H,81,82)(H,83,84)/t69-,70+,71+/m0/s1. The molecule has 0 rings (SSSR count). The summed E-state index contributed by atoms with van der Waals surface area (Å²) < 4.78 is 68.4. The Morgan fingerprint density at radius 2 is 0.426 bits per heavy atom. The molecule has 17 nitrogen and oxygen atoms in total. The van der Waals surface area contributed by atoms with Crippen LogP contribution in [0.3, 0.4) is 0 Å². The van der Waals surface area contributed by atoms with Crippen LogP contribution in [-0.2, 0) is 65.4 Å². The highest BCUT2D eigenvalue weighted by Gasteiger charge is 2.30. The Balaban J connectivity index is 5.21. The van der Waals surface area contributed by atoms with Gasteiger partial charge in [-0.05, 0) is 25.7 Å². The van der Waals surface area contributed by atoms with Crippen molar-refractivity contribution in [2.24, 2.45) is 0 Å². The fraction of sp³-hybridized carbons (Fsp3) is 0.947. The van der Waals surface area contributed by atoms with Gasteiger partial charge in [-0.2, -0.15) is 0 Å². The highest BCUT2D eigenvalue weighted by molar-refractivity contribution is 7.47. The van der Waals surface area contributed by atoms with E-state index in [4.69, 9.17) is 37.0 Å². The molecule has 0 aromatic carbocycles. The second kappa shape index (κ2) is 69.5. The van der Waals surface area contributed by atoms with Gasteiger partial charge in [0.15, 0.2) is 12.2 Å². The van der Waals surface area contributed by atoms with Gasteiger partial charge in [0.1, 0.15) is 19.3 Å². The lowest BCUT2D eigenvalue weighted by atomic mass is 10.0. The number of hydrogen-bond donors (Lipinski definition) is 3. The summed E-state index contributed by atoms with van der Waals surface area (Å²) in [6, 6.07) is 0. The molecule has 2 unspecified atom stereocenters. The monoisotopic (exact) mass is 1380 g/mol. The third-order valence-electron chi connectivity index (χ3n) is 17.6. The van der Waals surface area contributed by atoms with Gasteiger partial charge < -0.3 is 33.8 Å². The molecule has 0 heterocycles. The van der Waals surface area contributed by atoms with E-state index in [1.807, 2.05) is 0 Å². The molecule has 3 N–H and O–H groups in total. The van der Waals surface area contributed by atoms with E-state index in [1.165, 1.54) is 231 Å². The Morgan fingerprint density at radius 1 is 0.255 bits per heavy atom. The van der Waals surface area contributed by atoms with Crippen molar-refractivity contribution in [1.29, 1.82) is 0 Å². The van der Waals surface area contributed by atoms with Crippen molar-refractivity contribution in [3.8, 4) is 0 Å². The molecule has 0 aliphatic carbocycles. The Hall–Kier alpha value is -1.94. The van der Waals surface area contributed by atoms with Crippen LogP contribution in [0.25, 0.3) is 0 Å². The Labute approximate surface area is 575 Å². The van der Waals surface area contributed by atoms with E-state index in [0.717, 1.165) is 89.9 Å². The van der Waals surface area contributed by atoms with Crippen molar-refractivity contribution < 1.29 is 80.2 Å². The Kier molecular flexibility index (Phi) is 68.1. The van der Waals surface area contributed by atoms with E-state index in [2.05, 4.69) is 27.7 Å². The van der Waals surface area contributed by atoms with Crippen LogP contribution in [0.2, 0.25) is 0 Å². The van der Waals surface area contributed by atoms with E-state index in [9.17, 15) is 43.2 Å². The SMILES string of the molecule is CCCCCCCCCCCCCCCCCCCC(=O)O[C@H](COC(=O)CCCCCCCCCCCCCCCCCC)COP(=O)(O)OC[C@@H](O)COP(=O)(O)OC[C@@H](COC(=O)CCCCCCCCCC)OC(=O)CCCCCCCCCCCCCCC. The normalized spacial score (nSPS) is 13.9. The molecular weight excluding hydrogens is 1230 g/mol. The summed E-state index contributed by atoms with van der Waals surface area (Å²) in [5.74, 6) is -2.11. The molecule has 558 valence electrons. The topological polar surface area (TPSA) is 237 Å². The molecule has 0 saturated carbocycles. The lowest BCUT2D eigenvalue weighted by molar-refractivity contribution is -0.161. The third-order valence-corrected chi connectivity index (χ3v) is 19.5. The van der Waals surface area contributed by atoms with Gasteiger partial charge in [-0.15, -0.1) is 0 Å². The Morgan fingerprint density at radius 3 is 0.628 bits per heavy atom. The van der Waals surface area contributed by atoms with Crippen molar-refractivity contribution in [3.05, 3.63) is 0 Å². The number of phosphoric ester groups is 2. The summed E-state index contributed by atoms with van der Waals surface area (Å²) in [4.78, 5) is 72.7. The first-order valence-corrected chi connectivity index (χ1v) is 42.3. The van der Waals surface area contributed by atoms with Crippen molar-refractivity contribution in [2.75, 3.05) is 39.6 Å². The number of carbonyl (C=O) groups is 4. The molecule has 0 aromatic heterocycles. The average molecular weight is 1380 g/mol. The van der Waals surface area contributed by atoms with Crippen LogP contribution < -0.4 is 0 Å². The van der Waals surface area contributed by atoms with Crippen molar-refractivity contribution >= 4 is 39.5 Å². The van der Waals surface area contributed by atoms with E-state index in [1.54, 1.807) is 0 Å². The van der Waals surface area contributed by atoms with Gasteiger partial charge in [0.05, 0.1) is 26.4 Å².